The third-order valence-electron chi connectivity index (χ3n) is 3.12. The largest absolute Gasteiger partial charge is 0.357 e. The van der Waals surface area contributed by atoms with Gasteiger partial charge < -0.3 is 10.2 Å². The first-order chi connectivity index (χ1) is 7.29. The number of anilines is 1. The third-order valence-corrected chi connectivity index (χ3v) is 3.12. The number of piperidine rings is 1. The Hall–Kier alpha value is -1.09. The van der Waals surface area contributed by atoms with Crippen molar-refractivity contribution in [3.8, 4) is 0 Å². The molecule has 1 aromatic rings. The average Bonchev–Trinajstić information content (AvgIpc) is 2.30. The Bertz CT molecular complexity index is 299. The van der Waals surface area contributed by atoms with E-state index in [0.29, 0.717) is 6.04 Å². The van der Waals surface area contributed by atoms with Gasteiger partial charge in [0.15, 0.2) is 0 Å². The molecule has 82 valence electrons. The zero-order valence-electron chi connectivity index (χ0n) is 9.53. The number of pyridine rings is 1. The SMILES string of the molecule is CNC1CCN(c2ccc(C)cn2)CC1. The molecule has 0 spiro atoms. The smallest absolute Gasteiger partial charge is 0.128 e. The summed E-state index contributed by atoms with van der Waals surface area (Å²) >= 11 is 0. The first-order valence-corrected chi connectivity index (χ1v) is 5.64. The van der Waals surface area contributed by atoms with Gasteiger partial charge in [-0.05, 0) is 38.4 Å². The van der Waals surface area contributed by atoms with Gasteiger partial charge in [-0.2, -0.15) is 0 Å². The van der Waals surface area contributed by atoms with Crippen LogP contribution in [0, 0.1) is 6.92 Å². The maximum Gasteiger partial charge on any atom is 0.128 e. The van der Waals surface area contributed by atoms with E-state index >= 15 is 0 Å². The number of hydrogen-bond donors (Lipinski definition) is 1. The normalized spacial score (nSPS) is 18.1. The van der Waals surface area contributed by atoms with Gasteiger partial charge in [0.1, 0.15) is 5.82 Å². The highest BCUT2D eigenvalue weighted by Crippen LogP contribution is 2.17. The topological polar surface area (TPSA) is 28.2 Å². The predicted molar refractivity (Wildman–Crippen MR) is 63.3 cm³/mol. The van der Waals surface area contributed by atoms with Crippen LogP contribution in [-0.4, -0.2) is 31.2 Å². The van der Waals surface area contributed by atoms with Crippen LogP contribution in [0.4, 0.5) is 5.82 Å². The lowest BCUT2D eigenvalue weighted by molar-refractivity contribution is 0.441. The quantitative estimate of drug-likeness (QED) is 0.794. The van der Waals surface area contributed by atoms with Crippen molar-refractivity contribution < 1.29 is 0 Å². The minimum atomic E-state index is 0.687. The fraction of sp³-hybridized carbons (Fsp3) is 0.583. The third kappa shape index (κ3) is 2.48. The molecule has 1 fully saturated rings. The van der Waals surface area contributed by atoms with Crippen molar-refractivity contribution in [3.63, 3.8) is 0 Å². The number of nitrogens with zero attached hydrogens (tertiary/aromatic N) is 2. The maximum absolute atomic E-state index is 4.46. The first kappa shape index (κ1) is 10.4. The summed E-state index contributed by atoms with van der Waals surface area (Å²) in [6.45, 7) is 4.30. The van der Waals surface area contributed by atoms with E-state index < -0.39 is 0 Å². The van der Waals surface area contributed by atoms with Gasteiger partial charge in [-0.1, -0.05) is 6.07 Å². The van der Waals surface area contributed by atoms with Crippen molar-refractivity contribution in [1.82, 2.24) is 10.3 Å². The summed E-state index contributed by atoms with van der Waals surface area (Å²) in [5.41, 5.74) is 1.23. The monoisotopic (exact) mass is 205 g/mol. The van der Waals surface area contributed by atoms with E-state index in [-0.39, 0.29) is 0 Å². The molecule has 0 aliphatic carbocycles. The van der Waals surface area contributed by atoms with Crippen molar-refractivity contribution in [2.45, 2.75) is 25.8 Å². The molecule has 1 saturated heterocycles. The molecule has 0 atom stereocenters. The Balaban J connectivity index is 1.98. The van der Waals surface area contributed by atoms with Gasteiger partial charge in [-0.25, -0.2) is 4.98 Å². The molecule has 0 unspecified atom stereocenters. The van der Waals surface area contributed by atoms with E-state index in [1.165, 1.54) is 18.4 Å². The van der Waals surface area contributed by atoms with Gasteiger partial charge in [0.05, 0.1) is 0 Å². The number of nitrogens with one attached hydrogen (secondary N) is 1. The van der Waals surface area contributed by atoms with Crippen LogP contribution in [0.1, 0.15) is 18.4 Å². The highest BCUT2D eigenvalue weighted by atomic mass is 15.2. The van der Waals surface area contributed by atoms with Crippen molar-refractivity contribution >= 4 is 5.82 Å². The van der Waals surface area contributed by atoms with Gasteiger partial charge in [0, 0.05) is 25.3 Å². The second-order valence-corrected chi connectivity index (χ2v) is 4.24. The van der Waals surface area contributed by atoms with Crippen LogP contribution < -0.4 is 10.2 Å². The Morgan fingerprint density at radius 3 is 2.60 bits per heavy atom. The second kappa shape index (κ2) is 4.62. The van der Waals surface area contributed by atoms with E-state index in [2.05, 4.69) is 34.3 Å². The van der Waals surface area contributed by atoms with E-state index in [9.17, 15) is 0 Å². The highest BCUT2D eigenvalue weighted by molar-refractivity contribution is 5.39. The molecule has 0 saturated carbocycles. The molecule has 0 radical (unpaired) electrons. The Morgan fingerprint density at radius 2 is 2.07 bits per heavy atom. The maximum atomic E-state index is 4.46. The molecule has 0 aromatic carbocycles. The molecular weight excluding hydrogens is 186 g/mol. The van der Waals surface area contributed by atoms with Crippen LogP contribution in [0.25, 0.3) is 0 Å². The molecule has 1 N–H and O–H groups in total. The fourth-order valence-electron chi connectivity index (χ4n) is 2.04. The van der Waals surface area contributed by atoms with Gasteiger partial charge in [0.2, 0.25) is 0 Å². The average molecular weight is 205 g/mol. The van der Waals surface area contributed by atoms with Gasteiger partial charge in [-0.3, -0.25) is 0 Å². The second-order valence-electron chi connectivity index (χ2n) is 4.24. The molecule has 0 bridgehead atoms. The zero-order valence-corrected chi connectivity index (χ0v) is 9.53. The minimum absolute atomic E-state index is 0.687. The zero-order chi connectivity index (χ0) is 10.7. The van der Waals surface area contributed by atoms with E-state index in [1.807, 2.05) is 13.2 Å². The van der Waals surface area contributed by atoms with Crippen LogP contribution in [0.3, 0.4) is 0 Å². The highest BCUT2D eigenvalue weighted by Gasteiger charge is 2.18. The van der Waals surface area contributed by atoms with Gasteiger partial charge in [-0.15, -0.1) is 0 Å². The molecule has 2 heterocycles. The molecule has 1 aliphatic rings. The van der Waals surface area contributed by atoms with Crippen molar-refractivity contribution in [1.29, 1.82) is 0 Å². The summed E-state index contributed by atoms with van der Waals surface area (Å²) in [6, 6.07) is 4.94. The van der Waals surface area contributed by atoms with Crippen molar-refractivity contribution in [3.05, 3.63) is 23.9 Å². The predicted octanol–water partition coefficient (Wildman–Crippen LogP) is 1.58. The molecule has 2 rings (SSSR count). The summed E-state index contributed by atoms with van der Waals surface area (Å²) in [6.07, 6.45) is 4.37. The lowest BCUT2D eigenvalue weighted by atomic mass is 10.1. The van der Waals surface area contributed by atoms with E-state index in [0.717, 1.165) is 18.9 Å². The Labute approximate surface area is 91.5 Å². The molecular formula is C12H19N3. The summed E-state index contributed by atoms with van der Waals surface area (Å²) < 4.78 is 0. The fourth-order valence-corrected chi connectivity index (χ4v) is 2.04. The lowest BCUT2D eigenvalue weighted by Gasteiger charge is -2.32. The summed E-state index contributed by atoms with van der Waals surface area (Å²) in [7, 11) is 2.05. The number of aryl methyl sites for hydroxylation is 1. The Kier molecular flexibility index (Phi) is 3.21. The van der Waals surface area contributed by atoms with E-state index in [4.69, 9.17) is 0 Å². The summed E-state index contributed by atoms with van der Waals surface area (Å²) in [4.78, 5) is 6.83. The molecule has 0 amide bonds. The molecule has 1 aromatic heterocycles. The standard InChI is InChI=1S/C12H19N3/c1-10-3-4-12(14-9-10)15-7-5-11(13-2)6-8-15/h3-4,9,11,13H,5-8H2,1-2H3. The van der Waals surface area contributed by atoms with Gasteiger partial charge in [0.25, 0.3) is 0 Å². The van der Waals surface area contributed by atoms with Crippen LogP contribution in [-0.2, 0) is 0 Å². The van der Waals surface area contributed by atoms with Gasteiger partial charge >= 0.3 is 0 Å². The van der Waals surface area contributed by atoms with Crippen LogP contribution in [0.15, 0.2) is 18.3 Å². The van der Waals surface area contributed by atoms with Crippen LogP contribution >= 0.6 is 0 Å². The Morgan fingerprint density at radius 1 is 1.33 bits per heavy atom. The summed E-state index contributed by atoms with van der Waals surface area (Å²) in [5, 5.41) is 3.34. The molecule has 1 aliphatic heterocycles. The molecule has 3 heteroatoms. The molecule has 15 heavy (non-hydrogen) atoms. The number of hydrogen-bond acceptors (Lipinski definition) is 3. The minimum Gasteiger partial charge on any atom is -0.357 e. The van der Waals surface area contributed by atoms with Crippen LogP contribution in [0.2, 0.25) is 0 Å². The first-order valence-electron chi connectivity index (χ1n) is 5.64. The number of rotatable bonds is 2. The number of aromatic nitrogens is 1. The van der Waals surface area contributed by atoms with Crippen LogP contribution in [0.5, 0.6) is 0 Å². The lowest BCUT2D eigenvalue weighted by Crippen LogP contribution is -2.41. The van der Waals surface area contributed by atoms with Crippen molar-refractivity contribution in [2.24, 2.45) is 0 Å². The summed E-state index contributed by atoms with van der Waals surface area (Å²) in [5.74, 6) is 1.12. The van der Waals surface area contributed by atoms with Crippen molar-refractivity contribution in [2.75, 3.05) is 25.0 Å². The molecule has 3 nitrogen and oxygen atoms in total. The van der Waals surface area contributed by atoms with E-state index in [1.54, 1.807) is 0 Å².